The molecular formula is C22H22N4O4S. The van der Waals surface area contributed by atoms with E-state index in [1.165, 1.54) is 4.68 Å². The number of nitrogens with zero attached hydrogens (tertiary/aromatic N) is 2. The molecular weight excluding hydrogens is 416 g/mol. The van der Waals surface area contributed by atoms with E-state index in [1.807, 2.05) is 30.3 Å². The van der Waals surface area contributed by atoms with Gasteiger partial charge in [-0.05, 0) is 36.6 Å². The third-order valence-corrected chi connectivity index (χ3v) is 6.74. The second kappa shape index (κ2) is 8.09. The minimum Gasteiger partial charge on any atom is -0.310 e. The number of carbonyl (C=O) groups is 2. The average Bonchev–Trinajstić information content (AvgIpc) is 3.00. The molecule has 0 bridgehead atoms. The normalized spacial score (nSPS) is 14.1. The Kier molecular flexibility index (Phi) is 5.47. The molecule has 1 amide bonds. The maximum Gasteiger partial charge on any atom is 0.249 e. The maximum absolute atomic E-state index is 13.0. The monoisotopic (exact) mass is 438 g/mol. The fourth-order valence-electron chi connectivity index (χ4n) is 3.59. The van der Waals surface area contributed by atoms with Gasteiger partial charge in [-0.25, -0.2) is 13.1 Å². The van der Waals surface area contributed by atoms with Crippen molar-refractivity contribution in [2.24, 2.45) is 0 Å². The Morgan fingerprint density at radius 1 is 1.06 bits per heavy atom. The minimum atomic E-state index is -3.80. The lowest BCUT2D eigenvalue weighted by Gasteiger charge is -2.12. The van der Waals surface area contributed by atoms with Crippen molar-refractivity contribution < 1.29 is 18.0 Å². The van der Waals surface area contributed by atoms with Crippen molar-refractivity contribution in [3.05, 3.63) is 65.4 Å². The van der Waals surface area contributed by atoms with Gasteiger partial charge in [0.25, 0.3) is 0 Å². The van der Waals surface area contributed by atoms with Gasteiger partial charge in [0.1, 0.15) is 5.82 Å². The summed E-state index contributed by atoms with van der Waals surface area (Å²) in [4.78, 5) is 24.6. The molecule has 160 valence electrons. The summed E-state index contributed by atoms with van der Waals surface area (Å²) in [5.41, 5.74) is 3.04. The Morgan fingerprint density at radius 2 is 1.81 bits per heavy atom. The number of carbonyl (C=O) groups excluding carboxylic acids is 2. The van der Waals surface area contributed by atoms with Crippen LogP contribution >= 0.6 is 0 Å². The van der Waals surface area contributed by atoms with Crippen molar-refractivity contribution in [3.63, 3.8) is 0 Å². The highest BCUT2D eigenvalue weighted by atomic mass is 32.2. The van der Waals surface area contributed by atoms with Crippen LogP contribution in [0.15, 0.2) is 53.4 Å². The van der Waals surface area contributed by atoms with E-state index in [1.54, 1.807) is 32.0 Å². The van der Waals surface area contributed by atoms with Gasteiger partial charge in [-0.2, -0.15) is 9.78 Å². The van der Waals surface area contributed by atoms with Crippen LogP contribution in [-0.4, -0.2) is 30.0 Å². The Morgan fingerprint density at radius 3 is 2.55 bits per heavy atom. The Balaban J connectivity index is 1.74. The number of anilines is 1. The fourth-order valence-corrected chi connectivity index (χ4v) is 4.87. The van der Waals surface area contributed by atoms with Gasteiger partial charge in [-0.15, -0.1) is 0 Å². The van der Waals surface area contributed by atoms with E-state index in [2.05, 4.69) is 15.1 Å². The van der Waals surface area contributed by atoms with Crippen LogP contribution in [0.4, 0.5) is 5.82 Å². The van der Waals surface area contributed by atoms with Crippen LogP contribution in [0.2, 0.25) is 0 Å². The maximum atomic E-state index is 13.0. The lowest BCUT2D eigenvalue weighted by molar-refractivity contribution is -0.116. The number of rotatable bonds is 5. The minimum absolute atomic E-state index is 0.0658. The first-order valence-corrected chi connectivity index (χ1v) is 11.3. The van der Waals surface area contributed by atoms with Crippen LogP contribution in [0.25, 0.3) is 11.1 Å². The first-order valence-electron chi connectivity index (χ1n) is 9.83. The predicted molar refractivity (Wildman–Crippen MR) is 116 cm³/mol. The van der Waals surface area contributed by atoms with Crippen molar-refractivity contribution in [2.75, 3.05) is 5.32 Å². The molecule has 3 aromatic rings. The van der Waals surface area contributed by atoms with Gasteiger partial charge in [0, 0.05) is 24.9 Å². The second-order valence-electron chi connectivity index (χ2n) is 7.45. The Hall–Kier alpha value is -3.30. The van der Waals surface area contributed by atoms with Crippen LogP contribution in [0, 0.1) is 13.8 Å². The first-order chi connectivity index (χ1) is 14.8. The van der Waals surface area contributed by atoms with Crippen LogP contribution in [0.1, 0.15) is 34.5 Å². The number of nitrogens with one attached hydrogen (secondary N) is 2. The molecule has 1 aliphatic heterocycles. The molecule has 0 saturated heterocycles. The summed E-state index contributed by atoms with van der Waals surface area (Å²) in [5, 5.41) is 7.02. The second-order valence-corrected chi connectivity index (χ2v) is 9.19. The molecule has 2 heterocycles. The molecule has 2 N–H and O–H groups in total. The molecule has 0 fully saturated rings. The van der Waals surface area contributed by atoms with Gasteiger partial charge in [0.2, 0.25) is 21.8 Å². The fraction of sp³-hybridized carbons (Fsp3) is 0.227. The van der Waals surface area contributed by atoms with Crippen LogP contribution in [0.5, 0.6) is 0 Å². The summed E-state index contributed by atoms with van der Waals surface area (Å²) in [6.45, 7) is 3.61. The third-order valence-electron chi connectivity index (χ3n) is 5.20. The summed E-state index contributed by atoms with van der Waals surface area (Å²) in [6.07, 6.45) is 0.147. The summed E-state index contributed by atoms with van der Waals surface area (Å²) in [5.74, 6) is -0.292. The van der Waals surface area contributed by atoms with Gasteiger partial charge in [0.05, 0.1) is 10.6 Å². The summed E-state index contributed by atoms with van der Waals surface area (Å²) < 4.78 is 29.9. The highest BCUT2D eigenvalue weighted by Crippen LogP contribution is 2.35. The molecule has 0 radical (unpaired) electrons. The number of hydrogen-bond acceptors (Lipinski definition) is 5. The number of benzene rings is 2. The van der Waals surface area contributed by atoms with Crippen molar-refractivity contribution in [2.45, 2.75) is 38.1 Å². The van der Waals surface area contributed by atoms with Gasteiger partial charge in [-0.3, -0.25) is 9.59 Å². The lowest BCUT2D eigenvalue weighted by atomic mass is 10.0. The molecule has 1 aromatic heterocycles. The van der Waals surface area contributed by atoms with Crippen molar-refractivity contribution in [3.8, 4) is 11.1 Å². The van der Waals surface area contributed by atoms with E-state index in [0.717, 1.165) is 5.56 Å². The van der Waals surface area contributed by atoms with Crippen LogP contribution < -0.4 is 10.0 Å². The topological polar surface area (TPSA) is 110 Å². The van der Waals surface area contributed by atoms with E-state index in [4.69, 9.17) is 0 Å². The van der Waals surface area contributed by atoms with Gasteiger partial charge >= 0.3 is 0 Å². The van der Waals surface area contributed by atoms with E-state index in [-0.39, 0.29) is 41.9 Å². The Labute approximate surface area is 180 Å². The van der Waals surface area contributed by atoms with Crippen molar-refractivity contribution in [1.29, 1.82) is 0 Å². The summed E-state index contributed by atoms with van der Waals surface area (Å²) in [7, 11) is -3.80. The van der Waals surface area contributed by atoms with Crippen molar-refractivity contribution >= 4 is 27.7 Å². The predicted octanol–water partition coefficient (Wildman–Crippen LogP) is 3.02. The molecule has 0 unspecified atom stereocenters. The zero-order valence-corrected chi connectivity index (χ0v) is 18.0. The first kappa shape index (κ1) is 21.0. The number of fused-ring (bicyclic) bond motifs is 1. The zero-order chi connectivity index (χ0) is 22.2. The number of aryl methyl sites for hydroxylation is 2. The number of aromatic nitrogens is 2. The molecule has 2 aromatic carbocycles. The molecule has 0 atom stereocenters. The molecule has 0 aliphatic carbocycles. The number of hydrogen-bond donors (Lipinski definition) is 2. The SMILES string of the molecule is Cc1ccc(-c2c(C)nn3c2NC(=O)CCC3=O)cc1S(=O)(=O)NCc1ccccc1. The van der Waals surface area contributed by atoms with Crippen LogP contribution in [-0.2, 0) is 21.4 Å². The molecule has 9 heteroatoms. The lowest BCUT2D eigenvalue weighted by Crippen LogP contribution is -2.24. The summed E-state index contributed by atoms with van der Waals surface area (Å²) in [6, 6.07) is 14.3. The number of sulfonamides is 1. The highest BCUT2D eigenvalue weighted by molar-refractivity contribution is 7.89. The van der Waals surface area contributed by atoms with Gasteiger partial charge < -0.3 is 5.32 Å². The van der Waals surface area contributed by atoms with E-state index < -0.39 is 10.0 Å². The molecule has 4 rings (SSSR count). The molecule has 31 heavy (non-hydrogen) atoms. The molecule has 0 spiro atoms. The number of amides is 1. The van der Waals surface area contributed by atoms with Gasteiger partial charge in [0.15, 0.2) is 0 Å². The standard InChI is InChI=1S/C22H22N4O4S/c1-14-8-9-17(12-18(14)31(29,30)23-13-16-6-4-3-5-7-16)21-15(2)25-26-20(28)11-10-19(27)24-22(21)26/h3-9,12,23H,10-11,13H2,1-2H3,(H,24,27). The van der Waals surface area contributed by atoms with Crippen molar-refractivity contribution in [1.82, 2.24) is 14.5 Å². The highest BCUT2D eigenvalue weighted by Gasteiger charge is 2.27. The average molecular weight is 439 g/mol. The van der Waals surface area contributed by atoms with E-state index in [9.17, 15) is 18.0 Å². The van der Waals surface area contributed by atoms with Crippen LogP contribution in [0.3, 0.4) is 0 Å². The molecule has 0 saturated carbocycles. The molecule has 8 nitrogen and oxygen atoms in total. The summed E-state index contributed by atoms with van der Waals surface area (Å²) >= 11 is 0. The molecule has 1 aliphatic rings. The van der Waals surface area contributed by atoms with E-state index in [0.29, 0.717) is 22.4 Å². The Bertz CT molecular complexity index is 1280. The third kappa shape index (κ3) is 4.14. The van der Waals surface area contributed by atoms with E-state index >= 15 is 0 Å². The largest absolute Gasteiger partial charge is 0.310 e. The quantitative estimate of drug-likeness (QED) is 0.636. The van der Waals surface area contributed by atoms with Gasteiger partial charge in [-0.1, -0.05) is 42.5 Å². The smallest absolute Gasteiger partial charge is 0.249 e. The zero-order valence-electron chi connectivity index (χ0n) is 17.2.